The van der Waals surface area contributed by atoms with E-state index in [4.69, 9.17) is 9.72 Å². The van der Waals surface area contributed by atoms with Crippen molar-refractivity contribution in [3.05, 3.63) is 15.6 Å². The first-order valence-electron chi connectivity index (χ1n) is 6.72. The normalized spacial score (nSPS) is 20.6. The van der Waals surface area contributed by atoms with Crippen LogP contribution in [0.1, 0.15) is 42.8 Å². The van der Waals surface area contributed by atoms with Crippen LogP contribution in [0.5, 0.6) is 0 Å². The van der Waals surface area contributed by atoms with Gasteiger partial charge in [0.2, 0.25) is 0 Å². The molecule has 18 heavy (non-hydrogen) atoms. The Morgan fingerprint density at radius 1 is 1.44 bits per heavy atom. The minimum atomic E-state index is 0.163. The van der Waals surface area contributed by atoms with Gasteiger partial charge in [-0.15, -0.1) is 11.3 Å². The third kappa shape index (κ3) is 4.04. The van der Waals surface area contributed by atoms with Crippen molar-refractivity contribution in [2.75, 3.05) is 13.2 Å². The minimum Gasteiger partial charge on any atom is -0.381 e. The third-order valence-electron chi connectivity index (χ3n) is 3.20. The van der Waals surface area contributed by atoms with E-state index < -0.39 is 0 Å². The van der Waals surface area contributed by atoms with Gasteiger partial charge in [0.1, 0.15) is 0 Å². The highest BCUT2D eigenvalue weighted by Gasteiger charge is 2.19. The summed E-state index contributed by atoms with van der Waals surface area (Å²) in [4.78, 5) is 6.07. The molecule has 1 N–H and O–H groups in total. The first-order chi connectivity index (χ1) is 8.44. The second kappa shape index (κ2) is 5.68. The summed E-state index contributed by atoms with van der Waals surface area (Å²) in [6, 6.07) is 0. The molecule has 1 aliphatic rings. The van der Waals surface area contributed by atoms with Gasteiger partial charge < -0.3 is 10.1 Å². The van der Waals surface area contributed by atoms with Gasteiger partial charge in [-0.1, -0.05) is 0 Å². The summed E-state index contributed by atoms with van der Waals surface area (Å²) in [6.07, 6.45) is 2.27. The summed E-state index contributed by atoms with van der Waals surface area (Å²) in [5.74, 6) is 0.680. The number of ether oxygens (including phenoxy) is 1. The van der Waals surface area contributed by atoms with Crippen LogP contribution in [-0.4, -0.2) is 23.7 Å². The molecule has 0 radical (unpaired) electrons. The van der Waals surface area contributed by atoms with Crippen molar-refractivity contribution in [2.24, 2.45) is 5.92 Å². The SMILES string of the molecule is Cc1nc(CC2CCOC2)sc1CNC(C)(C)C. The predicted molar refractivity (Wildman–Crippen MR) is 76.1 cm³/mol. The molecule has 1 atom stereocenters. The minimum absolute atomic E-state index is 0.163. The lowest BCUT2D eigenvalue weighted by atomic mass is 10.1. The Labute approximate surface area is 114 Å². The van der Waals surface area contributed by atoms with Gasteiger partial charge in [0, 0.05) is 36.6 Å². The summed E-state index contributed by atoms with van der Waals surface area (Å²) in [5.41, 5.74) is 1.35. The first-order valence-corrected chi connectivity index (χ1v) is 7.53. The van der Waals surface area contributed by atoms with Gasteiger partial charge in [-0.05, 0) is 40.0 Å². The zero-order valence-electron chi connectivity index (χ0n) is 11.9. The summed E-state index contributed by atoms with van der Waals surface area (Å²) in [6.45, 7) is 11.5. The second-order valence-electron chi connectivity index (χ2n) is 6.15. The molecule has 0 amide bonds. The van der Waals surface area contributed by atoms with Gasteiger partial charge in [-0.2, -0.15) is 0 Å². The Morgan fingerprint density at radius 3 is 2.83 bits per heavy atom. The van der Waals surface area contributed by atoms with E-state index in [1.54, 1.807) is 0 Å². The van der Waals surface area contributed by atoms with Crippen molar-refractivity contribution in [2.45, 2.75) is 52.6 Å². The van der Waals surface area contributed by atoms with Gasteiger partial charge in [0.25, 0.3) is 0 Å². The number of hydrogen-bond acceptors (Lipinski definition) is 4. The fraction of sp³-hybridized carbons (Fsp3) is 0.786. The number of hydrogen-bond donors (Lipinski definition) is 1. The molecule has 2 rings (SSSR count). The zero-order valence-corrected chi connectivity index (χ0v) is 12.7. The zero-order chi connectivity index (χ0) is 13.2. The van der Waals surface area contributed by atoms with E-state index in [-0.39, 0.29) is 5.54 Å². The maximum atomic E-state index is 5.42. The van der Waals surface area contributed by atoms with E-state index >= 15 is 0 Å². The lowest BCUT2D eigenvalue weighted by molar-refractivity contribution is 0.186. The number of nitrogens with one attached hydrogen (secondary N) is 1. The molecule has 1 aliphatic heterocycles. The topological polar surface area (TPSA) is 34.1 Å². The van der Waals surface area contributed by atoms with Crippen molar-refractivity contribution in [1.29, 1.82) is 0 Å². The molecule has 1 fully saturated rings. The Bertz CT molecular complexity index is 389. The largest absolute Gasteiger partial charge is 0.381 e. The van der Waals surface area contributed by atoms with Crippen molar-refractivity contribution in [3.8, 4) is 0 Å². The van der Waals surface area contributed by atoms with Crippen LogP contribution in [0.4, 0.5) is 0 Å². The van der Waals surface area contributed by atoms with Crippen molar-refractivity contribution in [3.63, 3.8) is 0 Å². The van der Waals surface area contributed by atoms with Gasteiger partial charge >= 0.3 is 0 Å². The van der Waals surface area contributed by atoms with Crippen LogP contribution in [0.25, 0.3) is 0 Å². The second-order valence-corrected chi connectivity index (χ2v) is 7.32. The summed E-state index contributed by atoms with van der Waals surface area (Å²) >= 11 is 1.86. The highest BCUT2D eigenvalue weighted by molar-refractivity contribution is 7.11. The molecule has 1 saturated heterocycles. The number of aryl methyl sites for hydroxylation is 1. The van der Waals surface area contributed by atoms with Crippen LogP contribution in [0.15, 0.2) is 0 Å². The van der Waals surface area contributed by atoms with E-state index in [0.29, 0.717) is 5.92 Å². The molecule has 0 spiro atoms. The average molecular weight is 268 g/mol. The van der Waals surface area contributed by atoms with Crippen LogP contribution >= 0.6 is 11.3 Å². The van der Waals surface area contributed by atoms with Crippen LogP contribution in [0.2, 0.25) is 0 Å². The Morgan fingerprint density at radius 2 is 2.22 bits per heavy atom. The highest BCUT2D eigenvalue weighted by atomic mass is 32.1. The molecule has 0 bridgehead atoms. The monoisotopic (exact) mass is 268 g/mol. The fourth-order valence-corrected chi connectivity index (χ4v) is 3.20. The summed E-state index contributed by atoms with van der Waals surface area (Å²) in [7, 11) is 0. The quantitative estimate of drug-likeness (QED) is 0.911. The molecule has 1 aromatic heterocycles. The Balaban J connectivity index is 1.93. The van der Waals surface area contributed by atoms with Crippen LogP contribution in [0.3, 0.4) is 0 Å². The lowest BCUT2D eigenvalue weighted by Gasteiger charge is -2.19. The molecule has 4 heteroatoms. The van der Waals surface area contributed by atoms with Gasteiger partial charge in [-0.25, -0.2) is 4.98 Å². The smallest absolute Gasteiger partial charge is 0.0935 e. The molecule has 0 saturated carbocycles. The fourth-order valence-electron chi connectivity index (χ4n) is 2.08. The Kier molecular flexibility index (Phi) is 4.41. The molecule has 0 aromatic carbocycles. The molecule has 102 valence electrons. The molecule has 1 aromatic rings. The number of nitrogens with zero attached hydrogens (tertiary/aromatic N) is 1. The van der Waals surface area contributed by atoms with E-state index in [0.717, 1.165) is 26.2 Å². The maximum Gasteiger partial charge on any atom is 0.0935 e. The van der Waals surface area contributed by atoms with Crippen molar-refractivity contribution in [1.82, 2.24) is 10.3 Å². The number of rotatable bonds is 4. The summed E-state index contributed by atoms with van der Waals surface area (Å²) in [5, 5.41) is 4.80. The molecular weight excluding hydrogens is 244 g/mol. The molecule has 0 aliphatic carbocycles. The Hall–Kier alpha value is -0.450. The molecule has 3 nitrogen and oxygen atoms in total. The average Bonchev–Trinajstić information content (AvgIpc) is 2.85. The van der Waals surface area contributed by atoms with E-state index in [2.05, 4.69) is 33.0 Å². The van der Waals surface area contributed by atoms with E-state index in [1.165, 1.54) is 22.0 Å². The van der Waals surface area contributed by atoms with Crippen LogP contribution in [0, 0.1) is 12.8 Å². The molecule has 2 heterocycles. The van der Waals surface area contributed by atoms with E-state index in [1.807, 2.05) is 11.3 Å². The van der Waals surface area contributed by atoms with Gasteiger partial charge in [0.05, 0.1) is 10.7 Å². The van der Waals surface area contributed by atoms with Crippen molar-refractivity contribution >= 4 is 11.3 Å². The van der Waals surface area contributed by atoms with Gasteiger partial charge in [0.15, 0.2) is 0 Å². The van der Waals surface area contributed by atoms with Crippen LogP contribution < -0.4 is 5.32 Å². The molecular formula is C14H24N2OS. The summed E-state index contributed by atoms with van der Waals surface area (Å²) < 4.78 is 5.42. The highest BCUT2D eigenvalue weighted by Crippen LogP contribution is 2.24. The van der Waals surface area contributed by atoms with Crippen molar-refractivity contribution < 1.29 is 4.74 Å². The maximum absolute atomic E-state index is 5.42. The van der Waals surface area contributed by atoms with Crippen LogP contribution in [-0.2, 0) is 17.7 Å². The number of thiazole rings is 1. The van der Waals surface area contributed by atoms with Gasteiger partial charge in [-0.3, -0.25) is 0 Å². The lowest BCUT2D eigenvalue weighted by Crippen LogP contribution is -2.34. The number of aromatic nitrogens is 1. The standard InChI is InChI=1S/C14H24N2OS/c1-10-12(8-15-14(2,3)4)18-13(16-10)7-11-5-6-17-9-11/h11,15H,5-9H2,1-4H3. The third-order valence-corrected chi connectivity index (χ3v) is 4.38. The first kappa shape index (κ1) is 14.0. The predicted octanol–water partition coefficient (Wildman–Crippen LogP) is 2.92. The molecule has 1 unspecified atom stereocenters. The van der Waals surface area contributed by atoms with E-state index in [9.17, 15) is 0 Å².